The van der Waals surface area contributed by atoms with E-state index >= 15 is 0 Å². The molecule has 17 heavy (non-hydrogen) atoms. The minimum atomic E-state index is -0.0101. The number of nitrogens with one attached hydrogen (secondary N) is 1. The molecule has 5 N–H and O–H groups in total. The van der Waals surface area contributed by atoms with E-state index in [0.717, 1.165) is 29.5 Å². The van der Waals surface area contributed by atoms with Crippen molar-refractivity contribution in [2.45, 2.75) is 12.8 Å². The summed E-state index contributed by atoms with van der Waals surface area (Å²) in [4.78, 5) is 15.2. The van der Waals surface area contributed by atoms with Crippen LogP contribution >= 0.6 is 0 Å². The van der Waals surface area contributed by atoms with Crippen LogP contribution in [0, 0.1) is 0 Å². The third-order valence-electron chi connectivity index (χ3n) is 3.02. The highest BCUT2D eigenvalue weighted by Gasteiger charge is 2.12. The van der Waals surface area contributed by atoms with Gasteiger partial charge >= 0.3 is 0 Å². The van der Waals surface area contributed by atoms with Crippen LogP contribution in [0.1, 0.15) is 11.3 Å². The van der Waals surface area contributed by atoms with Gasteiger partial charge in [0.25, 0.3) is 5.56 Å². The standard InChI is InChI=1S/C12H18N4O/c1-16-7-4-9-8(2-5-13)10(3-6-14)15-11(9)12(16)17/h4,7,15H,2-3,5-6,13-14H2,1H3. The van der Waals surface area contributed by atoms with Gasteiger partial charge in [-0.15, -0.1) is 0 Å². The molecule has 5 heteroatoms. The number of hydrogen-bond donors (Lipinski definition) is 3. The van der Waals surface area contributed by atoms with Gasteiger partial charge in [0.2, 0.25) is 0 Å². The number of fused-ring (bicyclic) bond motifs is 1. The summed E-state index contributed by atoms with van der Waals surface area (Å²) < 4.78 is 1.57. The maximum atomic E-state index is 12.0. The van der Waals surface area contributed by atoms with Crippen LogP contribution in [0.5, 0.6) is 0 Å². The number of nitrogens with zero attached hydrogens (tertiary/aromatic N) is 1. The molecule has 0 saturated carbocycles. The van der Waals surface area contributed by atoms with E-state index in [1.165, 1.54) is 0 Å². The number of hydrogen-bond acceptors (Lipinski definition) is 3. The summed E-state index contributed by atoms with van der Waals surface area (Å²) in [5, 5.41) is 0.974. The van der Waals surface area contributed by atoms with Crippen LogP contribution in [0.2, 0.25) is 0 Å². The van der Waals surface area contributed by atoms with Gasteiger partial charge in [-0.1, -0.05) is 0 Å². The average Bonchev–Trinajstić information content (AvgIpc) is 2.65. The van der Waals surface area contributed by atoms with E-state index in [1.54, 1.807) is 17.8 Å². The Hall–Kier alpha value is -1.59. The molecule has 2 rings (SSSR count). The van der Waals surface area contributed by atoms with E-state index in [2.05, 4.69) is 4.98 Å². The van der Waals surface area contributed by atoms with E-state index in [-0.39, 0.29) is 5.56 Å². The molecular weight excluding hydrogens is 216 g/mol. The first-order valence-corrected chi connectivity index (χ1v) is 5.78. The van der Waals surface area contributed by atoms with E-state index in [0.29, 0.717) is 18.6 Å². The van der Waals surface area contributed by atoms with Crippen LogP contribution in [-0.4, -0.2) is 22.6 Å². The summed E-state index contributed by atoms with van der Waals surface area (Å²) in [5.74, 6) is 0. The number of pyridine rings is 1. The predicted molar refractivity (Wildman–Crippen MR) is 69.1 cm³/mol. The van der Waals surface area contributed by atoms with Gasteiger partial charge in [0.1, 0.15) is 5.52 Å². The normalized spacial score (nSPS) is 11.2. The number of H-pyrrole nitrogens is 1. The summed E-state index contributed by atoms with van der Waals surface area (Å²) in [6, 6.07) is 1.96. The summed E-state index contributed by atoms with van der Waals surface area (Å²) in [7, 11) is 1.74. The number of nitrogens with two attached hydrogens (primary N) is 2. The molecule has 0 aromatic carbocycles. The van der Waals surface area contributed by atoms with Gasteiger partial charge in [-0.05, 0) is 31.1 Å². The van der Waals surface area contributed by atoms with Gasteiger partial charge < -0.3 is 21.0 Å². The fraction of sp³-hybridized carbons (Fsp3) is 0.417. The molecule has 2 aromatic rings. The lowest BCUT2D eigenvalue weighted by molar-refractivity contribution is 0.868. The van der Waals surface area contributed by atoms with Crippen LogP contribution in [0.4, 0.5) is 0 Å². The Morgan fingerprint density at radius 3 is 2.65 bits per heavy atom. The Kier molecular flexibility index (Phi) is 3.31. The third kappa shape index (κ3) is 1.99. The molecular formula is C12H18N4O. The Balaban J connectivity index is 2.69. The van der Waals surface area contributed by atoms with Crippen LogP contribution in [-0.2, 0) is 19.9 Å². The lowest BCUT2D eigenvalue weighted by Crippen LogP contribution is -2.15. The predicted octanol–water partition coefficient (Wildman–Crippen LogP) is -0.131. The van der Waals surface area contributed by atoms with E-state index < -0.39 is 0 Å². The second-order valence-electron chi connectivity index (χ2n) is 4.18. The fourth-order valence-corrected chi connectivity index (χ4v) is 2.18. The molecule has 2 heterocycles. The van der Waals surface area contributed by atoms with E-state index in [9.17, 15) is 4.79 Å². The quantitative estimate of drug-likeness (QED) is 0.688. The summed E-state index contributed by atoms with van der Waals surface area (Å²) in [6.07, 6.45) is 3.29. The van der Waals surface area contributed by atoms with Gasteiger partial charge in [0.05, 0.1) is 0 Å². The molecule has 0 spiro atoms. The van der Waals surface area contributed by atoms with Gasteiger partial charge in [-0.2, -0.15) is 0 Å². The Morgan fingerprint density at radius 1 is 1.29 bits per heavy atom. The molecule has 0 atom stereocenters. The van der Waals surface area contributed by atoms with Crippen molar-refractivity contribution < 1.29 is 0 Å². The number of aryl methyl sites for hydroxylation is 1. The van der Waals surface area contributed by atoms with Crippen molar-refractivity contribution in [3.05, 3.63) is 33.9 Å². The van der Waals surface area contributed by atoms with Crippen LogP contribution in [0.15, 0.2) is 17.1 Å². The Labute approximate surface area is 99.4 Å². The topological polar surface area (TPSA) is 89.8 Å². The van der Waals surface area contributed by atoms with Crippen molar-refractivity contribution >= 4 is 10.9 Å². The number of aromatic nitrogens is 2. The molecule has 0 aliphatic rings. The van der Waals surface area contributed by atoms with Gasteiger partial charge in [-0.3, -0.25) is 4.79 Å². The van der Waals surface area contributed by atoms with Crippen molar-refractivity contribution in [3.8, 4) is 0 Å². The highest BCUT2D eigenvalue weighted by atomic mass is 16.1. The van der Waals surface area contributed by atoms with Gasteiger partial charge in [-0.25, -0.2) is 0 Å². The average molecular weight is 234 g/mol. The summed E-state index contributed by atoms with van der Waals surface area (Å²) in [5.41, 5.74) is 14.0. The lowest BCUT2D eigenvalue weighted by Gasteiger charge is -2.01. The second kappa shape index (κ2) is 4.73. The first-order chi connectivity index (χ1) is 8.19. The van der Waals surface area contributed by atoms with Gasteiger partial charge in [0.15, 0.2) is 0 Å². The zero-order valence-electron chi connectivity index (χ0n) is 9.99. The monoisotopic (exact) mass is 234 g/mol. The SMILES string of the molecule is Cn1ccc2c(CCN)c(CCN)[nH]c2c1=O. The van der Waals surface area contributed by atoms with Crippen molar-refractivity contribution in [1.82, 2.24) is 9.55 Å². The van der Waals surface area contributed by atoms with Gasteiger partial charge in [0, 0.05) is 30.7 Å². The molecule has 0 saturated heterocycles. The zero-order chi connectivity index (χ0) is 12.4. The van der Waals surface area contributed by atoms with E-state index in [4.69, 9.17) is 11.5 Å². The molecule has 0 fully saturated rings. The molecule has 0 bridgehead atoms. The fourth-order valence-electron chi connectivity index (χ4n) is 2.18. The molecule has 0 radical (unpaired) electrons. The largest absolute Gasteiger partial charge is 0.354 e. The minimum absolute atomic E-state index is 0.0101. The molecule has 92 valence electrons. The maximum Gasteiger partial charge on any atom is 0.274 e. The summed E-state index contributed by atoms with van der Waals surface area (Å²) >= 11 is 0. The number of aromatic amines is 1. The van der Waals surface area contributed by atoms with Crippen molar-refractivity contribution in [1.29, 1.82) is 0 Å². The van der Waals surface area contributed by atoms with Crippen LogP contribution < -0.4 is 17.0 Å². The van der Waals surface area contributed by atoms with Crippen molar-refractivity contribution in [2.24, 2.45) is 18.5 Å². The second-order valence-corrected chi connectivity index (χ2v) is 4.18. The Bertz CT molecular complexity index is 582. The van der Waals surface area contributed by atoms with Crippen molar-refractivity contribution in [3.63, 3.8) is 0 Å². The van der Waals surface area contributed by atoms with E-state index in [1.807, 2.05) is 6.07 Å². The lowest BCUT2D eigenvalue weighted by atomic mass is 10.1. The molecule has 0 aliphatic heterocycles. The van der Waals surface area contributed by atoms with Crippen LogP contribution in [0.3, 0.4) is 0 Å². The molecule has 0 aliphatic carbocycles. The minimum Gasteiger partial charge on any atom is -0.354 e. The first-order valence-electron chi connectivity index (χ1n) is 5.78. The molecule has 2 aromatic heterocycles. The zero-order valence-corrected chi connectivity index (χ0v) is 9.99. The van der Waals surface area contributed by atoms with Crippen molar-refractivity contribution in [2.75, 3.05) is 13.1 Å². The maximum absolute atomic E-state index is 12.0. The Morgan fingerprint density at radius 2 is 2.00 bits per heavy atom. The van der Waals surface area contributed by atoms with Crippen LogP contribution in [0.25, 0.3) is 10.9 Å². The highest BCUT2D eigenvalue weighted by Crippen LogP contribution is 2.20. The molecule has 0 unspecified atom stereocenters. The highest BCUT2D eigenvalue weighted by molar-refractivity contribution is 5.83. The summed E-state index contributed by atoms with van der Waals surface area (Å²) in [6.45, 7) is 1.13. The first kappa shape index (κ1) is 11.9. The third-order valence-corrected chi connectivity index (χ3v) is 3.02. The molecule has 0 amide bonds. The molecule has 5 nitrogen and oxygen atoms in total. The number of rotatable bonds is 4. The smallest absolute Gasteiger partial charge is 0.274 e.